The van der Waals surface area contributed by atoms with E-state index < -0.39 is 0 Å². The van der Waals surface area contributed by atoms with Gasteiger partial charge in [-0.05, 0) is 36.2 Å². The zero-order valence-corrected chi connectivity index (χ0v) is 13.4. The lowest BCUT2D eigenvalue weighted by atomic mass is 9.98. The number of hydrogen-bond donors (Lipinski definition) is 2. The van der Waals surface area contributed by atoms with Crippen LogP contribution in [-0.2, 0) is 6.42 Å². The highest BCUT2D eigenvalue weighted by molar-refractivity contribution is 9.10. The first-order valence-electron chi connectivity index (χ1n) is 6.18. The van der Waals surface area contributed by atoms with Gasteiger partial charge in [0.15, 0.2) is 0 Å². The fourth-order valence-electron chi connectivity index (χ4n) is 2.12. The van der Waals surface area contributed by atoms with Crippen molar-refractivity contribution >= 4 is 27.5 Å². The molecule has 0 bridgehead atoms. The third kappa shape index (κ3) is 3.52. The molecule has 0 saturated carbocycles. The molecule has 0 fully saturated rings. The van der Waals surface area contributed by atoms with E-state index in [9.17, 15) is 0 Å². The molecule has 0 aliphatic rings. The number of hydrazine groups is 1. The molecule has 0 aliphatic heterocycles. The van der Waals surface area contributed by atoms with Crippen molar-refractivity contribution in [2.75, 3.05) is 7.11 Å². The minimum absolute atomic E-state index is 0.0812. The highest BCUT2D eigenvalue weighted by atomic mass is 79.9. The maximum absolute atomic E-state index is 6.08. The minimum atomic E-state index is -0.0812. The Balaban J connectivity index is 2.33. The van der Waals surface area contributed by atoms with Crippen LogP contribution in [0.1, 0.15) is 17.2 Å². The van der Waals surface area contributed by atoms with Crippen LogP contribution in [0.25, 0.3) is 0 Å². The molecule has 2 rings (SSSR count). The van der Waals surface area contributed by atoms with E-state index in [0.717, 1.165) is 27.8 Å². The smallest absolute Gasteiger partial charge is 0.123 e. The van der Waals surface area contributed by atoms with Gasteiger partial charge in [0.05, 0.1) is 13.2 Å². The molecule has 3 N–H and O–H groups in total. The first-order chi connectivity index (χ1) is 9.65. The molecule has 0 radical (unpaired) electrons. The Kier molecular flexibility index (Phi) is 5.43. The molecule has 2 aromatic carbocycles. The minimum Gasteiger partial charge on any atom is -0.496 e. The molecule has 5 heteroatoms. The van der Waals surface area contributed by atoms with E-state index in [1.807, 2.05) is 30.3 Å². The number of benzene rings is 2. The average molecular weight is 356 g/mol. The van der Waals surface area contributed by atoms with Crippen LogP contribution >= 0.6 is 27.5 Å². The number of hydrogen-bond acceptors (Lipinski definition) is 3. The Hall–Kier alpha value is -1.07. The second kappa shape index (κ2) is 7.09. The molecule has 0 amide bonds. The van der Waals surface area contributed by atoms with Crippen LogP contribution in [0.4, 0.5) is 0 Å². The summed E-state index contributed by atoms with van der Waals surface area (Å²) in [7, 11) is 1.64. The fourth-order valence-corrected chi connectivity index (χ4v) is 2.75. The van der Waals surface area contributed by atoms with Crippen molar-refractivity contribution in [2.45, 2.75) is 12.5 Å². The molecular formula is C15H16BrClN2O. The largest absolute Gasteiger partial charge is 0.496 e. The lowest BCUT2D eigenvalue weighted by molar-refractivity contribution is 0.399. The Labute approximate surface area is 132 Å². The summed E-state index contributed by atoms with van der Waals surface area (Å²) in [5.41, 5.74) is 4.94. The summed E-state index contributed by atoms with van der Waals surface area (Å²) < 4.78 is 6.44. The zero-order valence-electron chi connectivity index (χ0n) is 11.1. The van der Waals surface area contributed by atoms with E-state index in [2.05, 4.69) is 27.4 Å². The summed E-state index contributed by atoms with van der Waals surface area (Å²) >= 11 is 9.63. The molecule has 0 heterocycles. The van der Waals surface area contributed by atoms with Crippen LogP contribution in [0.3, 0.4) is 0 Å². The first kappa shape index (κ1) is 15.3. The topological polar surface area (TPSA) is 47.3 Å². The van der Waals surface area contributed by atoms with E-state index in [1.54, 1.807) is 13.2 Å². The highest BCUT2D eigenvalue weighted by Crippen LogP contribution is 2.31. The molecule has 1 unspecified atom stereocenters. The number of methoxy groups -OCH3 is 1. The van der Waals surface area contributed by atoms with Gasteiger partial charge >= 0.3 is 0 Å². The third-order valence-electron chi connectivity index (χ3n) is 3.15. The number of nitrogens with two attached hydrogens (primary N) is 1. The van der Waals surface area contributed by atoms with Gasteiger partial charge in [-0.15, -0.1) is 0 Å². The van der Waals surface area contributed by atoms with Crippen LogP contribution < -0.4 is 16.0 Å². The second-order valence-corrected chi connectivity index (χ2v) is 5.69. The zero-order chi connectivity index (χ0) is 14.5. The molecule has 2 aromatic rings. The maximum Gasteiger partial charge on any atom is 0.123 e. The summed E-state index contributed by atoms with van der Waals surface area (Å²) in [6, 6.07) is 13.5. The normalized spacial score (nSPS) is 12.2. The summed E-state index contributed by atoms with van der Waals surface area (Å²) in [6.07, 6.45) is 0.731. The van der Waals surface area contributed by atoms with Gasteiger partial charge in [0.2, 0.25) is 0 Å². The molecule has 106 valence electrons. The highest BCUT2D eigenvalue weighted by Gasteiger charge is 2.17. The Bertz CT molecular complexity index is 592. The van der Waals surface area contributed by atoms with Crippen LogP contribution in [0.5, 0.6) is 5.75 Å². The molecular weight excluding hydrogens is 340 g/mol. The van der Waals surface area contributed by atoms with E-state index in [1.165, 1.54) is 0 Å². The van der Waals surface area contributed by atoms with Crippen molar-refractivity contribution in [1.82, 2.24) is 5.43 Å². The van der Waals surface area contributed by atoms with Gasteiger partial charge in [-0.3, -0.25) is 11.3 Å². The molecule has 0 aromatic heterocycles. The third-order valence-corrected chi connectivity index (χ3v) is 4.16. The maximum atomic E-state index is 6.08. The van der Waals surface area contributed by atoms with Crippen molar-refractivity contribution in [1.29, 1.82) is 0 Å². The molecule has 1 atom stereocenters. The van der Waals surface area contributed by atoms with E-state index in [-0.39, 0.29) is 6.04 Å². The molecule has 20 heavy (non-hydrogen) atoms. The molecule has 3 nitrogen and oxygen atoms in total. The fraction of sp³-hybridized carbons (Fsp3) is 0.200. The van der Waals surface area contributed by atoms with Crippen LogP contribution in [-0.4, -0.2) is 7.11 Å². The summed E-state index contributed by atoms with van der Waals surface area (Å²) in [4.78, 5) is 0. The summed E-state index contributed by atoms with van der Waals surface area (Å²) in [5.74, 6) is 6.48. The van der Waals surface area contributed by atoms with Gasteiger partial charge in [0.1, 0.15) is 5.75 Å². The number of halogens is 2. The predicted octanol–water partition coefficient (Wildman–Crippen LogP) is 3.86. The van der Waals surface area contributed by atoms with Crippen molar-refractivity contribution in [2.24, 2.45) is 5.84 Å². The Morgan fingerprint density at radius 1 is 1.30 bits per heavy atom. The van der Waals surface area contributed by atoms with Crippen LogP contribution in [0, 0.1) is 0 Å². The lowest BCUT2D eigenvalue weighted by Crippen LogP contribution is -2.30. The van der Waals surface area contributed by atoms with Gasteiger partial charge in [-0.25, -0.2) is 0 Å². The second-order valence-electron chi connectivity index (χ2n) is 4.40. The van der Waals surface area contributed by atoms with Crippen LogP contribution in [0.15, 0.2) is 46.9 Å². The van der Waals surface area contributed by atoms with E-state index in [0.29, 0.717) is 5.02 Å². The summed E-state index contributed by atoms with van der Waals surface area (Å²) in [6.45, 7) is 0. The molecule has 0 spiro atoms. The number of nitrogens with one attached hydrogen (secondary N) is 1. The Morgan fingerprint density at radius 3 is 2.70 bits per heavy atom. The van der Waals surface area contributed by atoms with Crippen molar-refractivity contribution in [3.05, 3.63) is 63.1 Å². The van der Waals surface area contributed by atoms with Gasteiger partial charge < -0.3 is 4.74 Å². The summed E-state index contributed by atoms with van der Waals surface area (Å²) in [5, 5.41) is 0.660. The van der Waals surface area contributed by atoms with Gasteiger partial charge in [-0.2, -0.15) is 0 Å². The average Bonchev–Trinajstić information content (AvgIpc) is 2.46. The lowest BCUT2D eigenvalue weighted by Gasteiger charge is -2.20. The van der Waals surface area contributed by atoms with E-state index >= 15 is 0 Å². The van der Waals surface area contributed by atoms with Gasteiger partial charge in [0.25, 0.3) is 0 Å². The number of ether oxygens (including phenoxy) is 1. The van der Waals surface area contributed by atoms with Crippen molar-refractivity contribution < 1.29 is 4.74 Å². The Morgan fingerprint density at radius 2 is 2.05 bits per heavy atom. The van der Waals surface area contributed by atoms with Crippen molar-refractivity contribution in [3.8, 4) is 5.75 Å². The molecule has 0 aliphatic carbocycles. The van der Waals surface area contributed by atoms with Gasteiger partial charge in [-0.1, -0.05) is 45.7 Å². The predicted molar refractivity (Wildman–Crippen MR) is 85.9 cm³/mol. The van der Waals surface area contributed by atoms with Gasteiger partial charge in [0, 0.05) is 15.1 Å². The van der Waals surface area contributed by atoms with E-state index in [4.69, 9.17) is 22.2 Å². The van der Waals surface area contributed by atoms with Crippen molar-refractivity contribution in [3.63, 3.8) is 0 Å². The SMILES string of the molecule is COc1ccc(Cl)cc1C(Cc1ccccc1Br)NN. The molecule has 0 saturated heterocycles. The standard InChI is InChI=1S/C15H16BrClN2O/c1-20-15-7-6-11(17)9-12(15)14(19-18)8-10-4-2-3-5-13(10)16/h2-7,9,14,19H,8,18H2,1H3. The number of rotatable bonds is 5. The van der Waals surface area contributed by atoms with Crippen LogP contribution in [0.2, 0.25) is 5.02 Å². The quantitative estimate of drug-likeness (QED) is 0.632. The monoisotopic (exact) mass is 354 g/mol. The first-order valence-corrected chi connectivity index (χ1v) is 7.35.